The average Bonchev–Trinajstić information content (AvgIpc) is 2.54. The summed E-state index contributed by atoms with van der Waals surface area (Å²) in [5.74, 6) is 0.865. The van der Waals surface area contributed by atoms with Gasteiger partial charge in [-0.2, -0.15) is 0 Å². The van der Waals surface area contributed by atoms with E-state index in [0.29, 0.717) is 12.2 Å². The Morgan fingerprint density at radius 3 is 2.35 bits per heavy atom. The number of ether oxygens (including phenoxy) is 1. The molecule has 2 aliphatic heterocycles. The molecule has 0 unspecified atom stereocenters. The maximum atomic E-state index is 5.84. The summed E-state index contributed by atoms with van der Waals surface area (Å²) in [6, 6.07) is 4.26. The van der Waals surface area contributed by atoms with E-state index >= 15 is 0 Å². The molecule has 128 valence electrons. The molecular formula is C19H31N3O. The van der Waals surface area contributed by atoms with Gasteiger partial charge in [-0.05, 0) is 69.8 Å². The Balaban J connectivity index is 1.37. The lowest BCUT2D eigenvalue weighted by atomic mass is 9.95. The number of hydrogen-bond acceptors (Lipinski definition) is 4. The van der Waals surface area contributed by atoms with Gasteiger partial charge in [-0.3, -0.25) is 9.88 Å². The molecule has 0 aliphatic carbocycles. The van der Waals surface area contributed by atoms with Crippen LogP contribution in [0.15, 0.2) is 24.5 Å². The Kier molecular flexibility index (Phi) is 6.03. The molecule has 1 aromatic heterocycles. The summed E-state index contributed by atoms with van der Waals surface area (Å²) >= 11 is 0. The highest BCUT2D eigenvalue weighted by molar-refractivity contribution is 5.09. The molecule has 2 saturated heterocycles. The van der Waals surface area contributed by atoms with E-state index in [4.69, 9.17) is 4.74 Å². The van der Waals surface area contributed by atoms with Gasteiger partial charge >= 0.3 is 0 Å². The smallest absolute Gasteiger partial charge is 0.0678 e. The maximum absolute atomic E-state index is 5.84. The molecule has 2 aliphatic rings. The van der Waals surface area contributed by atoms with E-state index in [-0.39, 0.29) is 0 Å². The number of nitrogens with zero attached hydrogens (tertiary/aromatic N) is 3. The number of rotatable bonds is 5. The summed E-state index contributed by atoms with van der Waals surface area (Å²) in [6.07, 6.45) is 8.40. The van der Waals surface area contributed by atoms with Crippen LogP contribution in [0.25, 0.3) is 0 Å². The van der Waals surface area contributed by atoms with E-state index in [0.717, 1.165) is 25.4 Å². The summed E-state index contributed by atoms with van der Waals surface area (Å²) in [4.78, 5) is 9.34. The van der Waals surface area contributed by atoms with Crippen LogP contribution in [0.3, 0.4) is 0 Å². The van der Waals surface area contributed by atoms with Crippen molar-refractivity contribution in [3.05, 3.63) is 30.1 Å². The largest absolute Gasteiger partial charge is 0.373 e. The molecule has 0 aromatic carbocycles. The lowest BCUT2D eigenvalue weighted by Crippen LogP contribution is -2.48. The first-order valence-corrected chi connectivity index (χ1v) is 9.18. The predicted molar refractivity (Wildman–Crippen MR) is 93.6 cm³/mol. The minimum Gasteiger partial charge on any atom is -0.373 e. The number of likely N-dealkylation sites (tertiary alicyclic amines) is 1. The van der Waals surface area contributed by atoms with Crippen LogP contribution >= 0.6 is 0 Å². The normalized spacial score (nSPS) is 28.1. The van der Waals surface area contributed by atoms with Gasteiger partial charge in [0.05, 0.1) is 12.2 Å². The zero-order valence-electron chi connectivity index (χ0n) is 14.7. The summed E-state index contributed by atoms with van der Waals surface area (Å²) in [5, 5.41) is 0. The van der Waals surface area contributed by atoms with Gasteiger partial charge in [0.2, 0.25) is 0 Å². The van der Waals surface area contributed by atoms with E-state index in [1.807, 2.05) is 12.4 Å². The van der Waals surface area contributed by atoms with Gasteiger partial charge in [-0.15, -0.1) is 0 Å². The van der Waals surface area contributed by atoms with Crippen molar-refractivity contribution in [3.8, 4) is 0 Å². The van der Waals surface area contributed by atoms with Gasteiger partial charge < -0.3 is 9.64 Å². The number of piperidine rings is 1. The van der Waals surface area contributed by atoms with Gasteiger partial charge in [0.15, 0.2) is 0 Å². The van der Waals surface area contributed by atoms with E-state index in [9.17, 15) is 0 Å². The zero-order chi connectivity index (χ0) is 16.1. The molecule has 0 saturated carbocycles. The quantitative estimate of drug-likeness (QED) is 0.834. The number of pyridine rings is 1. The zero-order valence-corrected chi connectivity index (χ0v) is 14.7. The molecule has 0 radical (unpaired) electrons. The third kappa shape index (κ3) is 5.27. The maximum Gasteiger partial charge on any atom is 0.0678 e. The predicted octanol–water partition coefficient (Wildman–Crippen LogP) is 2.45. The minimum absolute atomic E-state index is 0.388. The Labute approximate surface area is 140 Å². The first-order chi connectivity index (χ1) is 11.2. The molecule has 4 heteroatoms. The van der Waals surface area contributed by atoms with E-state index < -0.39 is 0 Å². The molecule has 3 rings (SSSR count). The van der Waals surface area contributed by atoms with Crippen LogP contribution in [-0.2, 0) is 11.2 Å². The highest BCUT2D eigenvalue weighted by Gasteiger charge is 2.26. The van der Waals surface area contributed by atoms with Crippen molar-refractivity contribution in [1.29, 1.82) is 0 Å². The highest BCUT2D eigenvalue weighted by atomic mass is 16.5. The second-order valence-electron chi connectivity index (χ2n) is 7.37. The van der Waals surface area contributed by atoms with Crippen LogP contribution < -0.4 is 0 Å². The topological polar surface area (TPSA) is 28.6 Å². The van der Waals surface area contributed by atoms with Crippen LogP contribution in [-0.4, -0.2) is 66.3 Å². The number of hydrogen-bond donors (Lipinski definition) is 0. The molecule has 1 aromatic rings. The van der Waals surface area contributed by atoms with Crippen molar-refractivity contribution < 1.29 is 4.74 Å². The Bertz CT molecular complexity index is 449. The van der Waals surface area contributed by atoms with Crippen molar-refractivity contribution in [2.75, 3.05) is 39.3 Å². The lowest BCUT2D eigenvalue weighted by Gasteiger charge is -2.39. The number of morpholine rings is 1. The fourth-order valence-electron chi connectivity index (χ4n) is 4.03. The van der Waals surface area contributed by atoms with Crippen LogP contribution in [0.1, 0.15) is 32.3 Å². The van der Waals surface area contributed by atoms with Gasteiger partial charge in [-0.25, -0.2) is 0 Å². The fraction of sp³-hybridized carbons (Fsp3) is 0.737. The van der Waals surface area contributed by atoms with Crippen LogP contribution in [0, 0.1) is 5.92 Å². The standard InChI is InChI=1S/C19H31N3O/c1-16-13-22(14-17(2)23-16)15-19-6-11-21(12-7-19)10-5-18-3-8-20-9-4-18/h3-4,8-9,16-17,19H,5-7,10-15H2,1-2H3/t16-,17-/m1/s1. The number of aromatic nitrogens is 1. The van der Waals surface area contributed by atoms with E-state index in [2.05, 4.69) is 40.8 Å². The van der Waals surface area contributed by atoms with E-state index in [1.54, 1.807) is 0 Å². The summed E-state index contributed by atoms with van der Waals surface area (Å²) in [5.41, 5.74) is 1.40. The lowest BCUT2D eigenvalue weighted by molar-refractivity contribution is -0.0731. The molecule has 2 fully saturated rings. The third-order valence-electron chi connectivity index (χ3n) is 5.18. The Morgan fingerprint density at radius 2 is 1.70 bits per heavy atom. The average molecular weight is 317 g/mol. The van der Waals surface area contributed by atoms with Crippen molar-refractivity contribution in [2.24, 2.45) is 5.92 Å². The van der Waals surface area contributed by atoms with Gasteiger partial charge in [-0.1, -0.05) is 0 Å². The second kappa shape index (κ2) is 8.22. The first kappa shape index (κ1) is 16.9. The van der Waals surface area contributed by atoms with E-state index in [1.165, 1.54) is 44.6 Å². The van der Waals surface area contributed by atoms with Crippen molar-refractivity contribution >= 4 is 0 Å². The minimum atomic E-state index is 0.388. The molecule has 0 N–H and O–H groups in total. The second-order valence-corrected chi connectivity index (χ2v) is 7.37. The van der Waals surface area contributed by atoms with Gasteiger partial charge in [0.25, 0.3) is 0 Å². The summed E-state index contributed by atoms with van der Waals surface area (Å²) in [7, 11) is 0. The Hall–Kier alpha value is -0.970. The third-order valence-corrected chi connectivity index (χ3v) is 5.18. The monoisotopic (exact) mass is 317 g/mol. The van der Waals surface area contributed by atoms with Gasteiger partial charge in [0, 0.05) is 38.6 Å². The van der Waals surface area contributed by atoms with Crippen molar-refractivity contribution in [3.63, 3.8) is 0 Å². The summed E-state index contributed by atoms with van der Waals surface area (Å²) in [6.45, 7) is 11.6. The molecular weight excluding hydrogens is 286 g/mol. The first-order valence-electron chi connectivity index (χ1n) is 9.18. The summed E-state index contributed by atoms with van der Waals surface area (Å²) < 4.78 is 5.84. The molecule has 0 bridgehead atoms. The fourth-order valence-corrected chi connectivity index (χ4v) is 4.03. The highest BCUT2D eigenvalue weighted by Crippen LogP contribution is 2.21. The van der Waals surface area contributed by atoms with Crippen molar-refractivity contribution in [2.45, 2.75) is 45.3 Å². The van der Waals surface area contributed by atoms with Gasteiger partial charge in [0.1, 0.15) is 0 Å². The van der Waals surface area contributed by atoms with Crippen LogP contribution in [0.5, 0.6) is 0 Å². The van der Waals surface area contributed by atoms with Crippen molar-refractivity contribution in [1.82, 2.24) is 14.8 Å². The van der Waals surface area contributed by atoms with Crippen LogP contribution in [0.4, 0.5) is 0 Å². The SMILES string of the molecule is C[C@@H]1CN(CC2CCN(CCc3ccncc3)CC2)C[C@@H](C)O1. The Morgan fingerprint density at radius 1 is 1.04 bits per heavy atom. The molecule has 23 heavy (non-hydrogen) atoms. The molecule has 0 amide bonds. The van der Waals surface area contributed by atoms with Crippen LogP contribution in [0.2, 0.25) is 0 Å². The molecule has 2 atom stereocenters. The molecule has 4 nitrogen and oxygen atoms in total. The molecule has 0 spiro atoms. The molecule has 3 heterocycles.